The second-order valence-corrected chi connectivity index (χ2v) is 8.53. The van der Waals surface area contributed by atoms with Gasteiger partial charge in [-0.3, -0.25) is 19.2 Å². The Morgan fingerprint density at radius 1 is 0.514 bits per heavy atom. The fraction of sp³-hybridized carbons (Fsp3) is 0.840. The number of carboxylic acids is 2. The van der Waals surface area contributed by atoms with E-state index in [4.69, 9.17) is 24.4 Å². The Kier molecular flexibility index (Phi) is 23.6. The predicted octanol–water partition coefficient (Wildman–Crippen LogP) is 3.35. The standard InChI is InChI=1S/C25H45NO9/c27-22(12-8-4-1-2-5-9-13-24(29)30)20-34-18-16-33-17-19-35-21-23(28)26-15-11-7-3-6-10-14-25(31)32/h1-21H2,(H,26,28)(H,29,30)(H,31,32). The second kappa shape index (κ2) is 25.1. The molecule has 0 unspecified atom stereocenters. The number of amides is 1. The molecule has 10 heteroatoms. The van der Waals surface area contributed by atoms with Crippen LogP contribution in [-0.2, 0) is 33.4 Å². The van der Waals surface area contributed by atoms with Gasteiger partial charge in [0.1, 0.15) is 13.2 Å². The van der Waals surface area contributed by atoms with Crippen molar-refractivity contribution in [3.8, 4) is 0 Å². The molecule has 0 aromatic heterocycles. The molecule has 0 aliphatic heterocycles. The number of aliphatic carboxylic acids is 2. The molecule has 0 rings (SSSR count). The molecule has 0 aliphatic rings. The summed E-state index contributed by atoms with van der Waals surface area (Å²) in [6.07, 6.45) is 10.8. The van der Waals surface area contributed by atoms with Gasteiger partial charge in [0.25, 0.3) is 0 Å². The summed E-state index contributed by atoms with van der Waals surface area (Å²) in [4.78, 5) is 44.2. The number of unbranched alkanes of at least 4 members (excludes halogenated alkanes) is 9. The molecule has 0 aliphatic carbocycles. The minimum Gasteiger partial charge on any atom is -0.481 e. The highest BCUT2D eigenvalue weighted by Gasteiger charge is 2.04. The van der Waals surface area contributed by atoms with E-state index < -0.39 is 11.9 Å². The average Bonchev–Trinajstić information content (AvgIpc) is 2.81. The van der Waals surface area contributed by atoms with Gasteiger partial charge < -0.3 is 29.7 Å². The summed E-state index contributed by atoms with van der Waals surface area (Å²) >= 11 is 0. The Morgan fingerprint density at radius 3 is 1.49 bits per heavy atom. The Bertz CT molecular complexity index is 521. The van der Waals surface area contributed by atoms with Crippen LogP contribution in [0.3, 0.4) is 0 Å². The molecular formula is C25H45NO9. The van der Waals surface area contributed by atoms with Crippen LogP contribution in [0.5, 0.6) is 0 Å². The van der Waals surface area contributed by atoms with Gasteiger partial charge in [-0.1, -0.05) is 44.9 Å². The molecule has 204 valence electrons. The lowest BCUT2D eigenvalue weighted by atomic mass is 10.1. The summed E-state index contributed by atoms with van der Waals surface area (Å²) in [5.41, 5.74) is 0. The number of hydrogen-bond donors (Lipinski definition) is 3. The summed E-state index contributed by atoms with van der Waals surface area (Å²) < 4.78 is 15.9. The zero-order valence-electron chi connectivity index (χ0n) is 21.1. The largest absolute Gasteiger partial charge is 0.481 e. The fourth-order valence-corrected chi connectivity index (χ4v) is 3.28. The number of ether oxygens (including phenoxy) is 3. The van der Waals surface area contributed by atoms with E-state index in [-0.39, 0.29) is 37.7 Å². The Hall–Kier alpha value is -2.04. The second-order valence-electron chi connectivity index (χ2n) is 8.53. The lowest BCUT2D eigenvalue weighted by molar-refractivity contribution is -0.138. The molecule has 35 heavy (non-hydrogen) atoms. The van der Waals surface area contributed by atoms with Crippen molar-refractivity contribution in [2.24, 2.45) is 0 Å². The highest BCUT2D eigenvalue weighted by molar-refractivity contribution is 5.79. The van der Waals surface area contributed by atoms with Gasteiger partial charge in [0.05, 0.1) is 26.4 Å². The van der Waals surface area contributed by atoms with E-state index in [1.807, 2.05) is 0 Å². The van der Waals surface area contributed by atoms with Crippen LogP contribution in [0.2, 0.25) is 0 Å². The van der Waals surface area contributed by atoms with Gasteiger partial charge in [-0.15, -0.1) is 0 Å². The van der Waals surface area contributed by atoms with E-state index in [0.717, 1.165) is 57.8 Å². The van der Waals surface area contributed by atoms with E-state index in [1.165, 1.54) is 0 Å². The molecule has 0 saturated carbocycles. The lowest BCUT2D eigenvalue weighted by Crippen LogP contribution is -2.29. The SMILES string of the molecule is O=C(O)CCCCCCCCC(=O)COCCOCCOCC(=O)NCCCCCCCC(=O)O. The van der Waals surface area contributed by atoms with Crippen molar-refractivity contribution in [1.82, 2.24) is 5.32 Å². The minimum atomic E-state index is -0.759. The average molecular weight is 504 g/mol. The Labute approximate surface area is 209 Å². The molecule has 0 radical (unpaired) electrons. The van der Waals surface area contributed by atoms with Crippen LogP contribution in [0, 0.1) is 0 Å². The lowest BCUT2D eigenvalue weighted by Gasteiger charge is -2.08. The smallest absolute Gasteiger partial charge is 0.303 e. The van der Waals surface area contributed by atoms with Crippen molar-refractivity contribution in [3.63, 3.8) is 0 Å². The molecule has 0 spiro atoms. The van der Waals surface area contributed by atoms with Gasteiger partial charge in [0.2, 0.25) is 5.91 Å². The number of carbonyl (C=O) groups is 4. The van der Waals surface area contributed by atoms with Gasteiger partial charge in [-0.05, 0) is 25.7 Å². The Morgan fingerprint density at radius 2 is 0.943 bits per heavy atom. The van der Waals surface area contributed by atoms with Crippen molar-refractivity contribution in [1.29, 1.82) is 0 Å². The highest BCUT2D eigenvalue weighted by atomic mass is 16.5. The van der Waals surface area contributed by atoms with Crippen LogP contribution in [0.25, 0.3) is 0 Å². The van der Waals surface area contributed by atoms with Crippen LogP contribution in [-0.4, -0.2) is 80.0 Å². The first kappa shape index (κ1) is 33.0. The molecule has 0 aromatic carbocycles. The third-order valence-corrected chi connectivity index (χ3v) is 5.23. The molecule has 10 nitrogen and oxygen atoms in total. The molecule has 0 aromatic rings. The number of rotatable bonds is 27. The molecule has 0 bridgehead atoms. The van der Waals surface area contributed by atoms with E-state index in [9.17, 15) is 19.2 Å². The molecule has 3 N–H and O–H groups in total. The Balaban J connectivity index is 3.28. The number of nitrogens with one attached hydrogen (secondary N) is 1. The van der Waals surface area contributed by atoms with Crippen molar-refractivity contribution >= 4 is 23.6 Å². The maximum Gasteiger partial charge on any atom is 0.303 e. The highest BCUT2D eigenvalue weighted by Crippen LogP contribution is 2.09. The van der Waals surface area contributed by atoms with E-state index in [0.29, 0.717) is 52.2 Å². The zero-order valence-corrected chi connectivity index (χ0v) is 21.1. The first-order chi connectivity index (χ1) is 16.9. The van der Waals surface area contributed by atoms with E-state index >= 15 is 0 Å². The van der Waals surface area contributed by atoms with Gasteiger partial charge in [0.15, 0.2) is 5.78 Å². The van der Waals surface area contributed by atoms with Crippen molar-refractivity contribution < 1.29 is 43.6 Å². The van der Waals surface area contributed by atoms with Gasteiger partial charge >= 0.3 is 11.9 Å². The van der Waals surface area contributed by atoms with Crippen LogP contribution in [0.1, 0.15) is 89.9 Å². The van der Waals surface area contributed by atoms with Gasteiger partial charge in [-0.25, -0.2) is 0 Å². The maximum atomic E-state index is 11.8. The topological polar surface area (TPSA) is 148 Å². The number of carboxylic acid groups (broad SMARTS) is 2. The van der Waals surface area contributed by atoms with Crippen LogP contribution >= 0.6 is 0 Å². The van der Waals surface area contributed by atoms with Crippen LogP contribution in [0.4, 0.5) is 0 Å². The van der Waals surface area contributed by atoms with Crippen molar-refractivity contribution in [2.45, 2.75) is 89.9 Å². The number of hydrogen-bond acceptors (Lipinski definition) is 7. The molecule has 0 heterocycles. The van der Waals surface area contributed by atoms with E-state index in [2.05, 4.69) is 5.32 Å². The van der Waals surface area contributed by atoms with Crippen molar-refractivity contribution in [2.75, 3.05) is 46.2 Å². The zero-order chi connectivity index (χ0) is 26.0. The quantitative estimate of drug-likeness (QED) is 0.143. The summed E-state index contributed by atoms with van der Waals surface area (Å²) in [5, 5.41) is 19.9. The first-order valence-electron chi connectivity index (χ1n) is 12.9. The summed E-state index contributed by atoms with van der Waals surface area (Å²) in [6, 6.07) is 0. The number of ketones is 1. The molecule has 0 fully saturated rings. The van der Waals surface area contributed by atoms with Crippen LogP contribution < -0.4 is 5.32 Å². The van der Waals surface area contributed by atoms with Gasteiger partial charge in [0, 0.05) is 25.8 Å². The van der Waals surface area contributed by atoms with Crippen LogP contribution in [0.15, 0.2) is 0 Å². The maximum absolute atomic E-state index is 11.8. The van der Waals surface area contributed by atoms with E-state index in [1.54, 1.807) is 0 Å². The number of carbonyl (C=O) groups excluding carboxylic acids is 2. The third kappa shape index (κ3) is 28.1. The van der Waals surface area contributed by atoms with Gasteiger partial charge in [-0.2, -0.15) is 0 Å². The molecule has 0 atom stereocenters. The summed E-state index contributed by atoms with van der Waals surface area (Å²) in [5.74, 6) is -1.61. The normalized spacial score (nSPS) is 10.9. The first-order valence-corrected chi connectivity index (χ1v) is 12.9. The summed E-state index contributed by atoms with van der Waals surface area (Å²) in [7, 11) is 0. The predicted molar refractivity (Wildman–Crippen MR) is 130 cm³/mol. The molecule has 0 saturated heterocycles. The van der Waals surface area contributed by atoms with Crippen molar-refractivity contribution in [3.05, 3.63) is 0 Å². The monoisotopic (exact) mass is 503 g/mol. The molecular weight excluding hydrogens is 458 g/mol. The fourth-order valence-electron chi connectivity index (χ4n) is 3.28. The minimum absolute atomic E-state index is 0.0185. The molecule has 1 amide bonds. The number of Topliss-reactive ketones (excluding diaryl/α,β-unsaturated/α-hetero) is 1. The summed E-state index contributed by atoms with van der Waals surface area (Å²) in [6.45, 7) is 1.97. The third-order valence-electron chi connectivity index (χ3n) is 5.23.